The summed E-state index contributed by atoms with van der Waals surface area (Å²) in [6.07, 6.45) is -9.52. The molecule has 0 aromatic rings. The number of hydrogen-bond acceptors (Lipinski definition) is 17. The standard InChI is InChI=1S/C26H52N6O11/c27-11-1-10(2-11)5-31-6-17-16(36)4-14(29)25(40-17)42-23-13(28)3-15(32-12(7-33)8-34)24(22(23)39)43-26-21(38)19(30)20(37)18(9-35)41-26/h10-26,31-39H,1-9,27-30H2/t10?,11?,13-,14+,15+,16-,17+,18+,19-,20+,21+,22-,23+,24-,25+,26+/m0/s1. The van der Waals surface area contributed by atoms with Crippen molar-refractivity contribution in [1.82, 2.24) is 10.6 Å². The van der Waals surface area contributed by atoms with Crippen LogP contribution in [-0.4, -0.2) is 166 Å². The minimum Gasteiger partial charge on any atom is -0.395 e. The SMILES string of the molecule is NC1CC(CNC[C@H]2O[C@H](O[C@H]3[C@H](O)[C@@H](O[C@H]4O[C@H](CO)[C@@H](O)[C@H](N)[C@H]4O)[C@H](NC(CO)CO)C[C@@H]3N)[C@H](N)C[C@@H]2O)C1. The first-order chi connectivity index (χ1) is 20.5. The van der Waals surface area contributed by atoms with Crippen molar-refractivity contribution in [2.24, 2.45) is 28.9 Å². The highest BCUT2D eigenvalue weighted by atomic mass is 16.7. The molecule has 0 aromatic heterocycles. The lowest BCUT2D eigenvalue weighted by atomic mass is 9.81. The number of aliphatic hydroxyl groups is 7. The van der Waals surface area contributed by atoms with Crippen LogP contribution in [0.1, 0.15) is 25.7 Å². The summed E-state index contributed by atoms with van der Waals surface area (Å²) in [6, 6.07) is -4.05. The molecule has 17 heteroatoms. The van der Waals surface area contributed by atoms with Gasteiger partial charge in [-0.1, -0.05) is 0 Å². The molecule has 43 heavy (non-hydrogen) atoms. The smallest absolute Gasteiger partial charge is 0.186 e. The lowest BCUT2D eigenvalue weighted by molar-refractivity contribution is -0.316. The van der Waals surface area contributed by atoms with Crippen LogP contribution in [0.5, 0.6) is 0 Å². The summed E-state index contributed by atoms with van der Waals surface area (Å²) in [5, 5.41) is 78.3. The quantitative estimate of drug-likeness (QED) is 0.0905. The minimum absolute atomic E-state index is 0.128. The average Bonchev–Trinajstić information content (AvgIpc) is 2.96. The molecule has 0 unspecified atom stereocenters. The fourth-order valence-corrected chi connectivity index (χ4v) is 6.37. The van der Waals surface area contributed by atoms with Gasteiger partial charge < -0.3 is 88.3 Å². The molecule has 14 atom stereocenters. The number of aliphatic hydroxyl groups excluding tert-OH is 7. The van der Waals surface area contributed by atoms with Crippen LogP contribution in [0.3, 0.4) is 0 Å². The third-order valence-corrected chi connectivity index (χ3v) is 9.08. The molecule has 2 saturated carbocycles. The number of nitrogens with two attached hydrogens (primary N) is 4. The Hall–Kier alpha value is -0.680. The van der Waals surface area contributed by atoms with E-state index in [4.69, 9.17) is 41.9 Å². The van der Waals surface area contributed by atoms with Crippen molar-refractivity contribution >= 4 is 0 Å². The predicted molar refractivity (Wildman–Crippen MR) is 150 cm³/mol. The Kier molecular flexibility index (Phi) is 12.9. The zero-order chi connectivity index (χ0) is 31.4. The topological polar surface area (TPSA) is 307 Å². The maximum Gasteiger partial charge on any atom is 0.186 e. The van der Waals surface area contributed by atoms with Crippen LogP contribution in [0.4, 0.5) is 0 Å². The maximum absolute atomic E-state index is 11.5. The summed E-state index contributed by atoms with van der Waals surface area (Å²) in [5.74, 6) is 0.479. The van der Waals surface area contributed by atoms with Crippen LogP contribution in [0.2, 0.25) is 0 Å². The van der Waals surface area contributed by atoms with Gasteiger partial charge in [0.25, 0.3) is 0 Å². The zero-order valence-electron chi connectivity index (χ0n) is 24.3. The second kappa shape index (κ2) is 15.7. The van der Waals surface area contributed by atoms with E-state index in [1.807, 2.05) is 0 Å². The average molecular weight is 625 g/mol. The Morgan fingerprint density at radius 1 is 0.721 bits per heavy atom. The van der Waals surface area contributed by atoms with Gasteiger partial charge in [0.2, 0.25) is 0 Å². The Morgan fingerprint density at radius 2 is 1.37 bits per heavy atom. The second-order valence-electron chi connectivity index (χ2n) is 12.5. The molecule has 2 aliphatic carbocycles. The molecule has 0 aromatic carbocycles. The molecular formula is C26H52N6O11. The zero-order valence-corrected chi connectivity index (χ0v) is 24.3. The Bertz CT molecular complexity index is 843. The molecule has 2 saturated heterocycles. The van der Waals surface area contributed by atoms with Gasteiger partial charge >= 0.3 is 0 Å². The van der Waals surface area contributed by atoms with Gasteiger partial charge in [-0.25, -0.2) is 0 Å². The predicted octanol–water partition coefficient (Wildman–Crippen LogP) is -6.94. The Balaban J connectivity index is 1.45. The van der Waals surface area contributed by atoms with Crippen molar-refractivity contribution in [3.8, 4) is 0 Å². The van der Waals surface area contributed by atoms with Gasteiger partial charge in [-0.05, 0) is 38.1 Å². The van der Waals surface area contributed by atoms with Crippen molar-refractivity contribution in [2.75, 3.05) is 32.9 Å². The highest BCUT2D eigenvalue weighted by Crippen LogP contribution is 2.32. The first-order valence-electron chi connectivity index (χ1n) is 15.1. The molecular weight excluding hydrogens is 572 g/mol. The van der Waals surface area contributed by atoms with Gasteiger partial charge in [0.05, 0.1) is 50.2 Å². The molecule has 0 bridgehead atoms. The van der Waals surface area contributed by atoms with Crippen molar-refractivity contribution < 1.29 is 54.7 Å². The van der Waals surface area contributed by atoms with E-state index in [-0.39, 0.29) is 18.9 Å². The van der Waals surface area contributed by atoms with E-state index < -0.39 is 111 Å². The van der Waals surface area contributed by atoms with E-state index in [1.165, 1.54) is 0 Å². The molecule has 2 aliphatic heterocycles. The van der Waals surface area contributed by atoms with E-state index in [1.54, 1.807) is 0 Å². The summed E-state index contributed by atoms with van der Waals surface area (Å²) in [4.78, 5) is 0. The first kappa shape index (κ1) is 35.2. The Labute approximate surface area is 250 Å². The van der Waals surface area contributed by atoms with Crippen LogP contribution in [0.25, 0.3) is 0 Å². The maximum atomic E-state index is 11.5. The van der Waals surface area contributed by atoms with Crippen molar-refractivity contribution in [2.45, 2.75) is 123 Å². The second-order valence-corrected chi connectivity index (χ2v) is 12.5. The fourth-order valence-electron chi connectivity index (χ4n) is 6.37. The number of ether oxygens (including phenoxy) is 4. The Morgan fingerprint density at radius 3 is 2.00 bits per heavy atom. The molecule has 17 N–H and O–H groups in total. The number of nitrogens with one attached hydrogen (secondary N) is 2. The summed E-state index contributed by atoms with van der Waals surface area (Å²) in [7, 11) is 0. The lowest BCUT2D eigenvalue weighted by Gasteiger charge is -2.49. The normalized spacial score (nSPS) is 47.4. The number of hydrogen-bond donors (Lipinski definition) is 13. The molecule has 4 rings (SSSR count). The molecule has 4 fully saturated rings. The molecule has 2 heterocycles. The molecule has 252 valence electrons. The van der Waals surface area contributed by atoms with Crippen LogP contribution in [0, 0.1) is 5.92 Å². The van der Waals surface area contributed by atoms with Crippen LogP contribution in [0.15, 0.2) is 0 Å². The third-order valence-electron chi connectivity index (χ3n) is 9.08. The van der Waals surface area contributed by atoms with Crippen molar-refractivity contribution in [3.05, 3.63) is 0 Å². The van der Waals surface area contributed by atoms with Gasteiger partial charge in [-0.2, -0.15) is 0 Å². The van der Waals surface area contributed by atoms with E-state index in [0.29, 0.717) is 12.5 Å². The third kappa shape index (κ3) is 8.38. The van der Waals surface area contributed by atoms with Crippen LogP contribution >= 0.6 is 0 Å². The van der Waals surface area contributed by atoms with Gasteiger partial charge in [-0.15, -0.1) is 0 Å². The molecule has 0 radical (unpaired) electrons. The van der Waals surface area contributed by atoms with E-state index >= 15 is 0 Å². The van der Waals surface area contributed by atoms with Crippen LogP contribution < -0.4 is 33.6 Å². The van der Waals surface area contributed by atoms with Gasteiger partial charge in [-0.3, -0.25) is 0 Å². The van der Waals surface area contributed by atoms with Gasteiger partial charge in [0, 0.05) is 24.7 Å². The molecule has 4 aliphatic rings. The van der Waals surface area contributed by atoms with Gasteiger partial charge in [0.15, 0.2) is 12.6 Å². The first-order valence-corrected chi connectivity index (χ1v) is 15.1. The largest absolute Gasteiger partial charge is 0.395 e. The highest BCUT2D eigenvalue weighted by molar-refractivity contribution is 5.03. The lowest BCUT2D eigenvalue weighted by Crippen LogP contribution is -2.69. The van der Waals surface area contributed by atoms with Crippen molar-refractivity contribution in [3.63, 3.8) is 0 Å². The summed E-state index contributed by atoms with van der Waals surface area (Å²) in [6.45, 7) is -0.347. The van der Waals surface area contributed by atoms with Crippen molar-refractivity contribution in [1.29, 1.82) is 0 Å². The van der Waals surface area contributed by atoms with Crippen LogP contribution in [-0.2, 0) is 18.9 Å². The van der Waals surface area contributed by atoms with E-state index in [9.17, 15) is 35.7 Å². The number of rotatable bonds is 13. The summed E-state index contributed by atoms with van der Waals surface area (Å²) in [5.41, 5.74) is 24.5. The highest BCUT2D eigenvalue weighted by Gasteiger charge is 2.51. The monoisotopic (exact) mass is 624 g/mol. The molecule has 0 amide bonds. The molecule has 0 spiro atoms. The van der Waals surface area contributed by atoms with E-state index in [2.05, 4.69) is 10.6 Å². The fraction of sp³-hybridized carbons (Fsp3) is 1.00. The summed E-state index contributed by atoms with van der Waals surface area (Å²) < 4.78 is 23.8. The summed E-state index contributed by atoms with van der Waals surface area (Å²) >= 11 is 0. The molecule has 17 nitrogen and oxygen atoms in total. The van der Waals surface area contributed by atoms with E-state index in [0.717, 1.165) is 19.4 Å². The van der Waals surface area contributed by atoms with Gasteiger partial charge in [0.1, 0.15) is 36.6 Å². The minimum atomic E-state index is -1.52.